The zero-order valence-electron chi connectivity index (χ0n) is 14.0. The summed E-state index contributed by atoms with van der Waals surface area (Å²) < 4.78 is 5.51. The summed E-state index contributed by atoms with van der Waals surface area (Å²) in [6.07, 6.45) is 1.24. The first-order valence-electron chi connectivity index (χ1n) is 8.21. The average molecular weight is 329 g/mol. The summed E-state index contributed by atoms with van der Waals surface area (Å²) in [5.74, 6) is -0.149. The van der Waals surface area contributed by atoms with E-state index in [1.807, 2.05) is 44.2 Å². The number of alkyl carbamates (subject to hydrolysis) is 1. The summed E-state index contributed by atoms with van der Waals surface area (Å²) in [7, 11) is 0. The predicted octanol–water partition coefficient (Wildman–Crippen LogP) is 2.45. The van der Waals surface area contributed by atoms with Crippen LogP contribution in [0.5, 0.6) is 0 Å². The highest BCUT2D eigenvalue weighted by Crippen LogP contribution is 2.33. The molecule has 0 bridgehead atoms. The van der Waals surface area contributed by atoms with E-state index in [1.54, 1.807) is 0 Å². The fraction of sp³-hybridized carbons (Fsp3) is 0.500. The van der Waals surface area contributed by atoms with Gasteiger partial charge in [-0.05, 0) is 36.3 Å². The Bertz CT molecular complexity index is 637. The Morgan fingerprint density at radius 1 is 1.38 bits per heavy atom. The number of hydrogen-bond donors (Lipinski definition) is 2. The number of fused-ring (bicyclic) bond motifs is 1. The van der Waals surface area contributed by atoms with Gasteiger partial charge in [0.25, 0.3) is 0 Å². The Labute approximate surface area is 142 Å². The minimum Gasteiger partial charge on any atom is -0.441 e. The van der Waals surface area contributed by atoms with E-state index in [9.17, 15) is 9.59 Å². The largest absolute Gasteiger partial charge is 0.441 e. The summed E-state index contributed by atoms with van der Waals surface area (Å²) in [6, 6.07) is 9.04. The second-order valence-corrected chi connectivity index (χ2v) is 6.33. The lowest BCUT2D eigenvalue weighted by Gasteiger charge is -2.21. The molecule has 0 aliphatic heterocycles. The van der Waals surface area contributed by atoms with Gasteiger partial charge in [-0.2, -0.15) is 5.26 Å². The van der Waals surface area contributed by atoms with E-state index < -0.39 is 12.1 Å². The van der Waals surface area contributed by atoms with Crippen LogP contribution in [0, 0.1) is 17.2 Å². The van der Waals surface area contributed by atoms with E-state index in [0.29, 0.717) is 6.42 Å². The number of carbonyl (C=O) groups is 2. The van der Waals surface area contributed by atoms with Crippen LogP contribution in [0.2, 0.25) is 0 Å². The van der Waals surface area contributed by atoms with Crippen LogP contribution in [-0.2, 0) is 16.0 Å². The molecule has 2 rings (SSSR count). The third kappa shape index (κ3) is 4.72. The molecule has 1 aliphatic carbocycles. The summed E-state index contributed by atoms with van der Waals surface area (Å²) in [5.41, 5.74) is 2.22. The van der Waals surface area contributed by atoms with E-state index in [0.717, 1.165) is 18.4 Å². The van der Waals surface area contributed by atoms with Crippen LogP contribution in [0.15, 0.2) is 24.3 Å². The number of benzene rings is 1. The zero-order valence-corrected chi connectivity index (χ0v) is 14.0. The van der Waals surface area contributed by atoms with Gasteiger partial charge in [0, 0.05) is 0 Å². The molecule has 0 radical (unpaired) electrons. The van der Waals surface area contributed by atoms with E-state index in [1.165, 1.54) is 5.56 Å². The third-order valence-electron chi connectivity index (χ3n) is 3.98. The van der Waals surface area contributed by atoms with Crippen molar-refractivity contribution in [2.24, 2.45) is 5.92 Å². The lowest BCUT2D eigenvalue weighted by Crippen LogP contribution is -2.47. The average Bonchev–Trinajstić information content (AvgIpc) is 2.94. The number of nitrogens with one attached hydrogen (secondary N) is 2. The molecule has 2 atom stereocenters. The molecule has 1 aliphatic rings. The smallest absolute Gasteiger partial charge is 0.408 e. The number of carbonyl (C=O) groups excluding carboxylic acids is 2. The standard InChI is InChI=1S/C18H23N3O3/c1-12(2)11-15(17(22)20-10-9-19)21-18(23)24-16-8-7-13-5-3-4-6-14(13)16/h3-6,12,15-16H,7-8,10-11H2,1-2H3,(H,20,22)(H,21,23)/t15-,16?/m0/s1. The molecule has 0 aromatic heterocycles. The normalized spacial score (nSPS) is 16.8. The number of hydrogen-bond acceptors (Lipinski definition) is 4. The fourth-order valence-corrected chi connectivity index (χ4v) is 2.90. The van der Waals surface area contributed by atoms with Crippen LogP contribution in [0.4, 0.5) is 4.79 Å². The maximum absolute atomic E-state index is 12.2. The third-order valence-corrected chi connectivity index (χ3v) is 3.98. The molecule has 1 aromatic carbocycles. The molecule has 1 aromatic rings. The molecular formula is C18H23N3O3. The Hall–Kier alpha value is -2.55. The van der Waals surface area contributed by atoms with Crippen LogP contribution in [0.1, 0.15) is 43.9 Å². The Morgan fingerprint density at radius 3 is 2.83 bits per heavy atom. The number of nitriles is 1. The summed E-state index contributed by atoms with van der Waals surface area (Å²) in [6.45, 7) is 3.84. The van der Waals surface area contributed by atoms with Gasteiger partial charge < -0.3 is 15.4 Å². The second kappa shape index (κ2) is 8.34. The highest BCUT2D eigenvalue weighted by Gasteiger charge is 2.28. The molecule has 1 unspecified atom stereocenters. The van der Waals surface area contributed by atoms with E-state index in [-0.39, 0.29) is 24.5 Å². The molecule has 0 fully saturated rings. The second-order valence-electron chi connectivity index (χ2n) is 6.33. The first-order valence-corrected chi connectivity index (χ1v) is 8.21. The van der Waals surface area contributed by atoms with Gasteiger partial charge in [0.2, 0.25) is 5.91 Å². The Kier molecular flexibility index (Phi) is 6.19. The van der Waals surface area contributed by atoms with E-state index in [4.69, 9.17) is 10.00 Å². The maximum Gasteiger partial charge on any atom is 0.408 e. The first kappa shape index (κ1) is 17.8. The monoisotopic (exact) mass is 329 g/mol. The van der Waals surface area contributed by atoms with Crippen molar-refractivity contribution in [3.63, 3.8) is 0 Å². The number of ether oxygens (including phenoxy) is 1. The molecule has 24 heavy (non-hydrogen) atoms. The first-order chi connectivity index (χ1) is 11.5. The summed E-state index contributed by atoms with van der Waals surface area (Å²) >= 11 is 0. The van der Waals surface area contributed by atoms with Gasteiger partial charge >= 0.3 is 6.09 Å². The molecule has 128 valence electrons. The van der Waals surface area contributed by atoms with E-state index in [2.05, 4.69) is 10.6 Å². The van der Waals surface area contributed by atoms with Gasteiger partial charge in [-0.1, -0.05) is 38.1 Å². The SMILES string of the molecule is CC(C)C[C@H](NC(=O)OC1CCc2ccccc21)C(=O)NCC#N. The predicted molar refractivity (Wildman–Crippen MR) is 89.0 cm³/mol. The molecule has 6 nitrogen and oxygen atoms in total. The van der Waals surface area contributed by atoms with Crippen molar-refractivity contribution in [2.75, 3.05) is 6.54 Å². The van der Waals surface area contributed by atoms with Crippen molar-refractivity contribution >= 4 is 12.0 Å². The van der Waals surface area contributed by atoms with Crippen LogP contribution < -0.4 is 10.6 Å². The molecule has 6 heteroatoms. The minimum atomic E-state index is -0.706. The van der Waals surface area contributed by atoms with E-state index >= 15 is 0 Å². The lowest BCUT2D eigenvalue weighted by atomic mass is 10.0. The number of rotatable bonds is 6. The van der Waals surface area contributed by atoms with Crippen molar-refractivity contribution in [3.05, 3.63) is 35.4 Å². The summed E-state index contributed by atoms with van der Waals surface area (Å²) in [4.78, 5) is 24.3. The van der Waals surface area contributed by atoms with Gasteiger partial charge in [-0.3, -0.25) is 4.79 Å². The molecule has 0 saturated heterocycles. The van der Waals surface area contributed by atoms with Crippen molar-refractivity contribution in [1.82, 2.24) is 10.6 Å². The van der Waals surface area contributed by atoms with Gasteiger partial charge in [-0.25, -0.2) is 4.79 Å². The van der Waals surface area contributed by atoms with Gasteiger partial charge in [0.05, 0.1) is 6.07 Å². The topological polar surface area (TPSA) is 91.2 Å². The van der Waals surface area contributed by atoms with Crippen LogP contribution in [0.3, 0.4) is 0 Å². The zero-order chi connectivity index (χ0) is 17.5. The fourth-order valence-electron chi connectivity index (χ4n) is 2.90. The number of amides is 2. The van der Waals surface area contributed by atoms with Gasteiger partial charge in [-0.15, -0.1) is 0 Å². The highest BCUT2D eigenvalue weighted by atomic mass is 16.6. The molecular weight excluding hydrogens is 306 g/mol. The molecule has 0 spiro atoms. The van der Waals surface area contributed by atoms with Crippen molar-refractivity contribution < 1.29 is 14.3 Å². The minimum absolute atomic E-state index is 0.0832. The quantitative estimate of drug-likeness (QED) is 0.784. The lowest BCUT2D eigenvalue weighted by molar-refractivity contribution is -0.123. The molecule has 2 N–H and O–H groups in total. The number of aryl methyl sites for hydroxylation is 1. The molecule has 2 amide bonds. The van der Waals surface area contributed by atoms with Crippen molar-refractivity contribution in [3.8, 4) is 6.07 Å². The van der Waals surface area contributed by atoms with Crippen LogP contribution >= 0.6 is 0 Å². The highest BCUT2D eigenvalue weighted by molar-refractivity contribution is 5.85. The Balaban J connectivity index is 1.95. The molecule has 0 heterocycles. The van der Waals surface area contributed by atoms with Crippen LogP contribution in [0.25, 0.3) is 0 Å². The van der Waals surface area contributed by atoms with Gasteiger partial charge in [0.15, 0.2) is 0 Å². The van der Waals surface area contributed by atoms with Gasteiger partial charge in [0.1, 0.15) is 18.7 Å². The summed E-state index contributed by atoms with van der Waals surface area (Å²) in [5, 5.41) is 13.7. The van der Waals surface area contributed by atoms with Crippen molar-refractivity contribution in [1.29, 1.82) is 5.26 Å². The Morgan fingerprint density at radius 2 is 2.12 bits per heavy atom. The maximum atomic E-state index is 12.2. The number of nitrogens with zero attached hydrogens (tertiary/aromatic N) is 1. The molecule has 0 saturated carbocycles. The van der Waals surface area contributed by atoms with Crippen LogP contribution in [-0.4, -0.2) is 24.6 Å². The van der Waals surface area contributed by atoms with Crippen molar-refractivity contribution in [2.45, 2.75) is 45.3 Å².